The Morgan fingerprint density at radius 3 is 2.53 bits per heavy atom. The van der Waals surface area contributed by atoms with Crippen LogP contribution in [0.1, 0.15) is 65.7 Å². The number of likely N-dealkylation sites (tertiary alicyclic amines) is 1. The summed E-state index contributed by atoms with van der Waals surface area (Å²) in [5.74, 6) is -1.61. The average Bonchev–Trinajstić information content (AvgIpc) is 3.49. The molecule has 0 aromatic rings. The van der Waals surface area contributed by atoms with Gasteiger partial charge in [0, 0.05) is 38.8 Å². The number of ether oxygens (including phenoxy) is 1. The number of rotatable bonds is 15. The summed E-state index contributed by atoms with van der Waals surface area (Å²) in [6.07, 6.45) is 8.05. The highest BCUT2D eigenvalue weighted by atomic mass is 16.5. The van der Waals surface area contributed by atoms with Crippen LogP contribution in [-0.2, 0) is 19.1 Å². The molecule has 36 heavy (non-hydrogen) atoms. The number of carbonyl (C=O) groups is 3. The number of carbonyl (C=O) groups excluding carboxylic acids is 3. The van der Waals surface area contributed by atoms with E-state index in [-0.39, 0.29) is 36.5 Å². The minimum absolute atomic E-state index is 0.00554. The van der Waals surface area contributed by atoms with E-state index < -0.39 is 23.5 Å². The van der Waals surface area contributed by atoms with Gasteiger partial charge in [-0.05, 0) is 45.4 Å². The van der Waals surface area contributed by atoms with E-state index in [2.05, 4.69) is 20.1 Å². The summed E-state index contributed by atoms with van der Waals surface area (Å²) in [6, 6.07) is -0.774. The minimum atomic E-state index is -0.990. The first kappa shape index (κ1) is 28.4. The van der Waals surface area contributed by atoms with Gasteiger partial charge in [-0.3, -0.25) is 14.4 Å². The van der Waals surface area contributed by atoms with Gasteiger partial charge in [0.15, 0.2) is 0 Å². The van der Waals surface area contributed by atoms with Crippen molar-refractivity contribution in [2.75, 3.05) is 32.8 Å². The van der Waals surface area contributed by atoms with Crippen molar-refractivity contribution in [2.45, 2.75) is 89.5 Å². The Kier molecular flexibility index (Phi) is 9.75. The van der Waals surface area contributed by atoms with Crippen molar-refractivity contribution in [3.8, 4) is 0 Å². The van der Waals surface area contributed by atoms with Crippen LogP contribution in [0.3, 0.4) is 0 Å². The molecule has 8 nitrogen and oxygen atoms in total. The molecule has 0 saturated carbocycles. The molecule has 3 unspecified atom stereocenters. The van der Waals surface area contributed by atoms with Gasteiger partial charge in [-0.25, -0.2) is 0 Å². The standard InChI is InChI=1S/C28H45N3O5/c1-6-12-20(5)30(17-9-4)27(35)24-28-14-13-21(36-28)22(25(33)29(15-7-2)16-8-3)23(28)26(34)31(24)18-10-11-19-32/h7,9,20-24,32H,2,4,6,8,10-19H2,1,3,5H3/t20?,21-,22+,23+,24?,28?/m1/s1. The van der Waals surface area contributed by atoms with Crippen molar-refractivity contribution < 1.29 is 24.2 Å². The van der Waals surface area contributed by atoms with Crippen LogP contribution in [0.25, 0.3) is 0 Å². The van der Waals surface area contributed by atoms with E-state index in [0.717, 1.165) is 19.3 Å². The number of aliphatic hydroxyl groups is 1. The van der Waals surface area contributed by atoms with Crippen LogP contribution in [0, 0.1) is 11.8 Å². The molecular formula is C28H45N3O5. The highest BCUT2D eigenvalue weighted by Crippen LogP contribution is 2.59. The third-order valence-corrected chi connectivity index (χ3v) is 8.13. The molecule has 6 atom stereocenters. The Bertz CT molecular complexity index is 832. The quantitative estimate of drug-likeness (QED) is 0.274. The van der Waals surface area contributed by atoms with Gasteiger partial charge in [0.05, 0.1) is 17.9 Å². The van der Waals surface area contributed by atoms with E-state index in [0.29, 0.717) is 51.9 Å². The maximum atomic E-state index is 14.2. The number of amides is 3. The third kappa shape index (κ3) is 4.99. The smallest absolute Gasteiger partial charge is 0.248 e. The predicted octanol–water partition coefficient (Wildman–Crippen LogP) is 2.76. The van der Waals surface area contributed by atoms with Gasteiger partial charge in [0.1, 0.15) is 11.6 Å². The molecule has 3 heterocycles. The summed E-state index contributed by atoms with van der Waals surface area (Å²) in [5, 5.41) is 9.34. The molecule has 8 heteroatoms. The second-order valence-corrected chi connectivity index (χ2v) is 10.5. The zero-order chi connectivity index (χ0) is 26.5. The molecule has 3 aliphatic heterocycles. The fraction of sp³-hybridized carbons (Fsp3) is 0.750. The molecule has 0 aliphatic carbocycles. The molecule has 3 saturated heterocycles. The highest BCUT2D eigenvalue weighted by Gasteiger charge is 2.74. The van der Waals surface area contributed by atoms with E-state index in [1.165, 1.54) is 0 Å². The van der Waals surface area contributed by atoms with Crippen LogP contribution in [-0.4, -0.2) is 94.1 Å². The Balaban J connectivity index is 2.01. The second kappa shape index (κ2) is 12.4. The monoisotopic (exact) mass is 503 g/mol. The van der Waals surface area contributed by atoms with Crippen molar-refractivity contribution in [1.82, 2.24) is 14.7 Å². The molecule has 3 fully saturated rings. The highest BCUT2D eigenvalue weighted by molar-refractivity contribution is 5.99. The maximum absolute atomic E-state index is 14.2. The Morgan fingerprint density at radius 2 is 1.92 bits per heavy atom. The molecule has 202 valence electrons. The van der Waals surface area contributed by atoms with Crippen molar-refractivity contribution in [2.24, 2.45) is 11.8 Å². The van der Waals surface area contributed by atoms with Crippen molar-refractivity contribution in [3.05, 3.63) is 25.3 Å². The summed E-state index contributed by atoms with van der Waals surface area (Å²) < 4.78 is 6.57. The largest absolute Gasteiger partial charge is 0.396 e. The van der Waals surface area contributed by atoms with Crippen LogP contribution in [0.2, 0.25) is 0 Å². The first-order valence-electron chi connectivity index (χ1n) is 13.7. The number of hydrogen-bond acceptors (Lipinski definition) is 5. The van der Waals surface area contributed by atoms with E-state index in [1.807, 2.05) is 18.7 Å². The molecule has 0 aromatic heterocycles. The van der Waals surface area contributed by atoms with Gasteiger partial charge in [-0.1, -0.05) is 32.4 Å². The van der Waals surface area contributed by atoms with Crippen LogP contribution in [0.5, 0.6) is 0 Å². The molecule has 1 spiro atoms. The predicted molar refractivity (Wildman–Crippen MR) is 139 cm³/mol. The summed E-state index contributed by atoms with van der Waals surface area (Å²) in [5.41, 5.74) is -0.990. The zero-order valence-electron chi connectivity index (χ0n) is 22.4. The van der Waals surface area contributed by atoms with Gasteiger partial charge in [0.2, 0.25) is 17.7 Å². The van der Waals surface area contributed by atoms with E-state index in [9.17, 15) is 19.5 Å². The van der Waals surface area contributed by atoms with E-state index >= 15 is 0 Å². The molecule has 2 bridgehead atoms. The lowest BCUT2D eigenvalue weighted by Gasteiger charge is -2.39. The van der Waals surface area contributed by atoms with Crippen LogP contribution in [0.4, 0.5) is 0 Å². The van der Waals surface area contributed by atoms with E-state index in [1.54, 1.807) is 22.0 Å². The van der Waals surface area contributed by atoms with Crippen LogP contribution in [0.15, 0.2) is 25.3 Å². The lowest BCUT2D eigenvalue weighted by atomic mass is 9.70. The number of unbranched alkanes of at least 4 members (excludes halogenated alkanes) is 1. The minimum Gasteiger partial charge on any atom is -0.396 e. The first-order valence-corrected chi connectivity index (χ1v) is 13.7. The summed E-state index contributed by atoms with van der Waals surface area (Å²) in [7, 11) is 0. The van der Waals surface area contributed by atoms with Crippen molar-refractivity contribution in [1.29, 1.82) is 0 Å². The molecule has 3 rings (SSSR count). The van der Waals surface area contributed by atoms with E-state index in [4.69, 9.17) is 4.74 Å². The van der Waals surface area contributed by atoms with Gasteiger partial charge < -0.3 is 24.5 Å². The SMILES string of the molecule is C=CCN(CCC)C(=O)[C@@H]1[C@H]2C(=O)N(CCCCO)C(C(=O)N(CC=C)C(C)CCC)C23CC[C@H]1O3. The molecule has 0 aromatic carbocycles. The van der Waals surface area contributed by atoms with Crippen molar-refractivity contribution in [3.63, 3.8) is 0 Å². The summed E-state index contributed by atoms with van der Waals surface area (Å²) >= 11 is 0. The number of nitrogens with zero attached hydrogens (tertiary/aromatic N) is 3. The maximum Gasteiger partial charge on any atom is 0.248 e. The number of fused-ring (bicyclic) bond motifs is 1. The normalized spacial score (nSPS) is 29.2. The lowest BCUT2D eigenvalue weighted by molar-refractivity contribution is -0.150. The fourth-order valence-electron chi connectivity index (χ4n) is 6.63. The zero-order valence-corrected chi connectivity index (χ0v) is 22.4. The van der Waals surface area contributed by atoms with Gasteiger partial charge >= 0.3 is 0 Å². The third-order valence-electron chi connectivity index (χ3n) is 8.13. The number of aliphatic hydroxyl groups excluding tert-OH is 1. The fourth-order valence-corrected chi connectivity index (χ4v) is 6.63. The first-order chi connectivity index (χ1) is 17.3. The lowest BCUT2D eigenvalue weighted by Crippen LogP contribution is -2.58. The van der Waals surface area contributed by atoms with Gasteiger partial charge in [0.25, 0.3) is 0 Å². The summed E-state index contributed by atoms with van der Waals surface area (Å²) in [4.78, 5) is 47.2. The molecule has 0 radical (unpaired) electrons. The molecular weight excluding hydrogens is 458 g/mol. The number of hydrogen-bond donors (Lipinski definition) is 1. The molecule has 3 aliphatic rings. The van der Waals surface area contributed by atoms with Crippen LogP contribution < -0.4 is 0 Å². The average molecular weight is 504 g/mol. The summed E-state index contributed by atoms with van der Waals surface area (Å²) in [6.45, 7) is 15.6. The Hall–Kier alpha value is -2.19. The molecule has 1 N–H and O–H groups in total. The Labute approximate surface area is 216 Å². The van der Waals surface area contributed by atoms with Crippen LogP contribution >= 0.6 is 0 Å². The molecule has 3 amide bonds. The van der Waals surface area contributed by atoms with Gasteiger partial charge in [-0.2, -0.15) is 0 Å². The second-order valence-electron chi connectivity index (χ2n) is 10.5. The Morgan fingerprint density at radius 1 is 1.19 bits per heavy atom. The van der Waals surface area contributed by atoms with Gasteiger partial charge in [-0.15, -0.1) is 13.2 Å². The topological polar surface area (TPSA) is 90.4 Å². The van der Waals surface area contributed by atoms with Crippen molar-refractivity contribution >= 4 is 17.7 Å².